The summed E-state index contributed by atoms with van der Waals surface area (Å²) in [6.45, 7) is 6.02. The lowest BCUT2D eigenvalue weighted by molar-refractivity contribution is 0.0129. The van der Waals surface area contributed by atoms with Crippen LogP contribution in [0, 0.1) is 0 Å². The molecule has 1 atom stereocenters. The zero-order valence-electron chi connectivity index (χ0n) is 18.5. The maximum absolute atomic E-state index is 11.9. The lowest BCUT2D eigenvalue weighted by Gasteiger charge is -2.32. The second kappa shape index (κ2) is 14.5. The van der Waals surface area contributed by atoms with Crippen LogP contribution in [0.4, 0.5) is 4.79 Å². The van der Waals surface area contributed by atoms with E-state index in [0.29, 0.717) is 25.8 Å². The van der Waals surface area contributed by atoms with Crippen molar-refractivity contribution in [3.63, 3.8) is 0 Å². The summed E-state index contributed by atoms with van der Waals surface area (Å²) in [5.74, 6) is 1.78. The van der Waals surface area contributed by atoms with Crippen molar-refractivity contribution in [3.05, 3.63) is 24.2 Å². The Morgan fingerprint density at radius 3 is 2.81 bits per heavy atom. The highest BCUT2D eigenvalue weighted by Gasteiger charge is 2.24. The SMILES string of the molecule is CCOC(=O)N1CCC(NC(=NCCC2CCCCO2)NCCc2ccco2)CC1.I. The smallest absolute Gasteiger partial charge is 0.409 e. The van der Waals surface area contributed by atoms with Crippen molar-refractivity contribution in [3.8, 4) is 0 Å². The minimum Gasteiger partial charge on any atom is -0.469 e. The molecule has 2 aliphatic rings. The zero-order chi connectivity index (χ0) is 21.0. The third-order valence-electron chi connectivity index (χ3n) is 5.60. The number of nitrogens with one attached hydrogen (secondary N) is 2. The second-order valence-corrected chi connectivity index (χ2v) is 7.87. The van der Waals surface area contributed by atoms with Crippen LogP contribution in [-0.2, 0) is 15.9 Å². The van der Waals surface area contributed by atoms with Crippen molar-refractivity contribution in [2.45, 2.75) is 64.0 Å². The fourth-order valence-electron chi connectivity index (χ4n) is 3.88. The first-order chi connectivity index (χ1) is 14.7. The van der Waals surface area contributed by atoms with Gasteiger partial charge in [-0.15, -0.1) is 24.0 Å². The Morgan fingerprint density at radius 1 is 1.29 bits per heavy atom. The van der Waals surface area contributed by atoms with E-state index in [1.807, 2.05) is 19.1 Å². The highest BCUT2D eigenvalue weighted by Crippen LogP contribution is 2.15. The van der Waals surface area contributed by atoms with Gasteiger partial charge in [0.05, 0.1) is 19.0 Å². The number of nitrogens with zero attached hydrogens (tertiary/aromatic N) is 2. The second-order valence-electron chi connectivity index (χ2n) is 7.87. The van der Waals surface area contributed by atoms with Gasteiger partial charge in [-0.3, -0.25) is 4.99 Å². The minimum atomic E-state index is -0.214. The predicted molar refractivity (Wildman–Crippen MR) is 131 cm³/mol. The van der Waals surface area contributed by atoms with Gasteiger partial charge in [0.2, 0.25) is 0 Å². The molecule has 0 spiro atoms. The molecule has 0 saturated carbocycles. The number of halogens is 1. The van der Waals surface area contributed by atoms with Crippen LogP contribution in [0.3, 0.4) is 0 Å². The van der Waals surface area contributed by atoms with Gasteiger partial charge < -0.3 is 29.4 Å². The van der Waals surface area contributed by atoms with Crippen molar-refractivity contribution in [2.24, 2.45) is 4.99 Å². The van der Waals surface area contributed by atoms with Gasteiger partial charge in [-0.25, -0.2) is 4.79 Å². The van der Waals surface area contributed by atoms with Crippen molar-refractivity contribution in [1.82, 2.24) is 15.5 Å². The monoisotopic (exact) mass is 548 g/mol. The summed E-state index contributed by atoms with van der Waals surface area (Å²) < 4.78 is 16.3. The molecule has 9 heteroatoms. The number of piperidine rings is 1. The van der Waals surface area contributed by atoms with E-state index in [9.17, 15) is 4.79 Å². The van der Waals surface area contributed by atoms with Crippen LogP contribution >= 0.6 is 24.0 Å². The Balaban J connectivity index is 0.00000341. The molecular weight excluding hydrogens is 511 g/mol. The summed E-state index contributed by atoms with van der Waals surface area (Å²) in [5, 5.41) is 6.98. The van der Waals surface area contributed by atoms with Crippen molar-refractivity contribution < 1.29 is 18.7 Å². The number of aliphatic imine (C=N–C) groups is 1. The Hall–Kier alpha value is -1.49. The number of hydrogen-bond acceptors (Lipinski definition) is 5. The van der Waals surface area contributed by atoms with E-state index in [1.54, 1.807) is 11.2 Å². The summed E-state index contributed by atoms with van der Waals surface area (Å²) >= 11 is 0. The molecule has 1 unspecified atom stereocenters. The largest absolute Gasteiger partial charge is 0.469 e. The van der Waals surface area contributed by atoms with Crippen molar-refractivity contribution in [2.75, 3.05) is 39.4 Å². The number of carbonyl (C=O) groups excluding carboxylic acids is 1. The number of likely N-dealkylation sites (tertiary alicyclic amines) is 1. The van der Waals surface area contributed by atoms with Crippen LogP contribution in [0.5, 0.6) is 0 Å². The normalized spacial score (nSPS) is 20.1. The van der Waals surface area contributed by atoms with Crippen molar-refractivity contribution >= 4 is 36.0 Å². The topological polar surface area (TPSA) is 88.3 Å². The average Bonchev–Trinajstić information content (AvgIpc) is 3.28. The van der Waals surface area contributed by atoms with Gasteiger partial charge in [-0.2, -0.15) is 0 Å². The molecule has 176 valence electrons. The van der Waals surface area contributed by atoms with Crippen LogP contribution < -0.4 is 10.6 Å². The molecule has 0 aliphatic carbocycles. The van der Waals surface area contributed by atoms with E-state index in [2.05, 4.69) is 10.6 Å². The fraction of sp³-hybridized carbons (Fsp3) is 0.727. The molecule has 8 nitrogen and oxygen atoms in total. The van der Waals surface area contributed by atoms with E-state index < -0.39 is 0 Å². The molecule has 2 fully saturated rings. The quantitative estimate of drug-likeness (QED) is 0.294. The first kappa shape index (κ1) is 25.8. The summed E-state index contributed by atoms with van der Waals surface area (Å²) in [5.41, 5.74) is 0. The number of furan rings is 1. The molecule has 1 amide bonds. The standard InChI is InChI=1S/C22H36N4O4.HI/c1-2-28-22(27)26-14-10-18(11-15-26)25-21(24-13-9-20-7-5-17-30-20)23-12-8-19-6-3-4-16-29-19;/h5,7,17-19H,2-4,6,8-16H2,1H3,(H2,23,24,25);1H. The fourth-order valence-corrected chi connectivity index (χ4v) is 3.88. The molecule has 0 aromatic carbocycles. The van der Waals surface area contributed by atoms with E-state index in [4.69, 9.17) is 18.9 Å². The summed E-state index contributed by atoms with van der Waals surface area (Å²) in [4.78, 5) is 18.5. The first-order valence-electron chi connectivity index (χ1n) is 11.3. The number of hydrogen-bond donors (Lipinski definition) is 2. The molecule has 1 aromatic heterocycles. The lowest BCUT2D eigenvalue weighted by atomic mass is 10.1. The Kier molecular flexibility index (Phi) is 12.1. The van der Waals surface area contributed by atoms with Gasteiger partial charge in [-0.05, 0) is 57.6 Å². The Bertz CT molecular complexity index is 642. The molecular formula is C22H37IN4O4. The Morgan fingerprint density at radius 2 is 2.13 bits per heavy atom. The van der Waals surface area contributed by atoms with Crippen LogP contribution in [0.25, 0.3) is 0 Å². The number of guanidine groups is 1. The van der Waals surface area contributed by atoms with E-state index in [1.165, 1.54) is 12.8 Å². The molecule has 3 heterocycles. The van der Waals surface area contributed by atoms with Crippen molar-refractivity contribution in [1.29, 1.82) is 0 Å². The van der Waals surface area contributed by atoms with Gasteiger partial charge in [0.15, 0.2) is 5.96 Å². The average molecular weight is 548 g/mol. The molecule has 2 aliphatic heterocycles. The number of ether oxygens (including phenoxy) is 2. The third-order valence-corrected chi connectivity index (χ3v) is 5.60. The highest BCUT2D eigenvalue weighted by molar-refractivity contribution is 14.0. The van der Waals surface area contributed by atoms with Gasteiger partial charge >= 0.3 is 6.09 Å². The zero-order valence-corrected chi connectivity index (χ0v) is 20.8. The first-order valence-corrected chi connectivity index (χ1v) is 11.3. The Labute approximate surface area is 202 Å². The molecule has 2 saturated heterocycles. The molecule has 2 N–H and O–H groups in total. The predicted octanol–water partition coefficient (Wildman–Crippen LogP) is 3.56. The molecule has 0 radical (unpaired) electrons. The summed E-state index contributed by atoms with van der Waals surface area (Å²) in [7, 11) is 0. The maximum atomic E-state index is 11.9. The van der Waals surface area contributed by atoms with Gasteiger partial charge in [-0.1, -0.05) is 0 Å². The van der Waals surface area contributed by atoms with Gasteiger partial charge in [0.25, 0.3) is 0 Å². The highest BCUT2D eigenvalue weighted by atomic mass is 127. The maximum Gasteiger partial charge on any atom is 0.409 e. The van der Waals surface area contributed by atoms with Crippen LogP contribution in [0.2, 0.25) is 0 Å². The minimum absolute atomic E-state index is 0. The van der Waals surface area contributed by atoms with E-state index in [-0.39, 0.29) is 36.1 Å². The van der Waals surface area contributed by atoms with Gasteiger partial charge in [0.1, 0.15) is 5.76 Å². The van der Waals surface area contributed by atoms with E-state index >= 15 is 0 Å². The van der Waals surface area contributed by atoms with Gasteiger partial charge in [0, 0.05) is 45.2 Å². The molecule has 3 rings (SSSR count). The number of amides is 1. The molecule has 31 heavy (non-hydrogen) atoms. The summed E-state index contributed by atoms with van der Waals surface area (Å²) in [6.07, 6.45) is 8.89. The van der Waals surface area contributed by atoms with Crippen LogP contribution in [0.15, 0.2) is 27.8 Å². The third kappa shape index (κ3) is 9.26. The molecule has 0 bridgehead atoms. The lowest BCUT2D eigenvalue weighted by Crippen LogP contribution is -2.50. The van der Waals surface area contributed by atoms with Crippen LogP contribution in [0.1, 0.15) is 51.2 Å². The number of carbonyl (C=O) groups is 1. The van der Waals surface area contributed by atoms with Crippen LogP contribution in [-0.4, -0.2) is 68.5 Å². The number of rotatable bonds is 8. The van der Waals surface area contributed by atoms with E-state index in [0.717, 1.165) is 63.5 Å². The summed E-state index contributed by atoms with van der Waals surface area (Å²) in [6, 6.07) is 4.18. The molecule has 1 aromatic rings.